The number of Topliss-reactive ketones (excluding diaryl/α,β-unsaturated/α-hetero) is 1. The molecule has 9 heteroatoms. The van der Waals surface area contributed by atoms with Crippen LogP contribution in [0.15, 0.2) is 29.2 Å². The number of benzene rings is 1. The number of nitrogens with zero attached hydrogens (tertiary/aromatic N) is 3. The van der Waals surface area contributed by atoms with Crippen molar-refractivity contribution in [1.82, 2.24) is 9.58 Å². The van der Waals surface area contributed by atoms with Gasteiger partial charge in [0.25, 0.3) is 5.91 Å². The second kappa shape index (κ2) is 7.43. The minimum atomic E-state index is -0.898. The lowest BCUT2D eigenvalue weighted by Crippen LogP contribution is -2.59. The summed E-state index contributed by atoms with van der Waals surface area (Å²) in [4.78, 5) is 39.7. The van der Waals surface area contributed by atoms with Crippen molar-refractivity contribution < 1.29 is 19.1 Å². The van der Waals surface area contributed by atoms with Crippen molar-refractivity contribution in [1.29, 1.82) is 0 Å². The van der Waals surface area contributed by atoms with Crippen LogP contribution in [-0.4, -0.2) is 45.6 Å². The number of amides is 1. The van der Waals surface area contributed by atoms with Crippen molar-refractivity contribution in [3.8, 4) is 5.75 Å². The van der Waals surface area contributed by atoms with E-state index in [0.717, 1.165) is 12.8 Å². The molecular weight excluding hydrogens is 413 g/mol. The Kier molecular flexibility index (Phi) is 5.05. The molecule has 1 aromatic heterocycles. The van der Waals surface area contributed by atoms with E-state index >= 15 is 0 Å². The Morgan fingerprint density at radius 3 is 2.77 bits per heavy atom. The summed E-state index contributed by atoms with van der Waals surface area (Å²) in [6.07, 6.45) is 2.59. The first-order chi connectivity index (χ1) is 14.2. The van der Waals surface area contributed by atoms with Gasteiger partial charge >= 0.3 is 0 Å². The van der Waals surface area contributed by atoms with Crippen LogP contribution < -0.4 is 10.4 Å². The molecule has 1 amide bonds. The summed E-state index contributed by atoms with van der Waals surface area (Å²) in [6, 6.07) is 4.57. The number of carbonyl (C=O) groups is 2. The summed E-state index contributed by atoms with van der Waals surface area (Å²) < 4.78 is 15.5. The van der Waals surface area contributed by atoms with Crippen molar-refractivity contribution in [2.24, 2.45) is 0 Å². The van der Waals surface area contributed by atoms with Crippen LogP contribution in [0, 0.1) is 5.82 Å². The molecule has 158 valence electrons. The van der Waals surface area contributed by atoms with Gasteiger partial charge in [0.1, 0.15) is 12.0 Å². The number of aryl methyl sites for hydroxylation is 1. The fourth-order valence-corrected chi connectivity index (χ4v) is 4.47. The van der Waals surface area contributed by atoms with E-state index in [9.17, 15) is 23.9 Å². The molecule has 1 saturated heterocycles. The van der Waals surface area contributed by atoms with E-state index in [-0.39, 0.29) is 46.9 Å². The zero-order valence-electron chi connectivity index (χ0n) is 16.6. The van der Waals surface area contributed by atoms with Crippen LogP contribution in [0.25, 0.3) is 0 Å². The number of hydrogen-bond acceptors (Lipinski definition) is 5. The molecule has 2 aliphatic rings. The molecule has 1 fully saturated rings. The highest BCUT2D eigenvalue weighted by molar-refractivity contribution is 6.30. The molecule has 1 aromatic carbocycles. The highest BCUT2D eigenvalue weighted by Gasteiger charge is 2.43. The fraction of sp³-hybridized carbons (Fsp3) is 0.381. The third-order valence-corrected chi connectivity index (χ3v) is 6.23. The Hall–Kier alpha value is -2.87. The van der Waals surface area contributed by atoms with Gasteiger partial charge in [-0.1, -0.05) is 23.7 Å². The number of pyridine rings is 1. The Bertz CT molecular complexity index is 1120. The number of aromatic hydroxyl groups is 1. The maximum atomic E-state index is 14.1. The van der Waals surface area contributed by atoms with Gasteiger partial charge < -0.3 is 10.0 Å². The van der Waals surface area contributed by atoms with Gasteiger partial charge in [0.15, 0.2) is 17.2 Å². The van der Waals surface area contributed by atoms with Crippen molar-refractivity contribution in [3.05, 3.63) is 62.3 Å². The van der Waals surface area contributed by atoms with Crippen LogP contribution in [0.2, 0.25) is 5.02 Å². The third-order valence-electron chi connectivity index (χ3n) is 5.94. The predicted molar refractivity (Wildman–Crippen MR) is 109 cm³/mol. The normalized spacial score (nSPS) is 20.3. The predicted octanol–water partition coefficient (Wildman–Crippen LogP) is 2.69. The number of hydrogen-bond donors (Lipinski definition) is 1. The van der Waals surface area contributed by atoms with Crippen LogP contribution in [0.1, 0.15) is 52.6 Å². The van der Waals surface area contributed by atoms with E-state index in [1.54, 1.807) is 13.1 Å². The summed E-state index contributed by atoms with van der Waals surface area (Å²) in [6.45, 7) is 1.98. The van der Waals surface area contributed by atoms with Crippen molar-refractivity contribution >= 4 is 23.3 Å². The lowest BCUT2D eigenvalue weighted by Gasteiger charge is -2.43. The third kappa shape index (κ3) is 3.06. The first kappa shape index (κ1) is 20.4. The van der Waals surface area contributed by atoms with Crippen molar-refractivity contribution in [3.63, 3.8) is 0 Å². The molecule has 30 heavy (non-hydrogen) atoms. The Balaban J connectivity index is 1.71. The van der Waals surface area contributed by atoms with Crippen LogP contribution in [-0.2, 0) is 6.42 Å². The zero-order valence-corrected chi connectivity index (χ0v) is 17.3. The molecule has 7 nitrogen and oxygen atoms in total. The first-order valence-corrected chi connectivity index (χ1v) is 10.1. The lowest BCUT2D eigenvalue weighted by molar-refractivity contribution is 0.0649. The second-order valence-corrected chi connectivity index (χ2v) is 8.16. The topological polar surface area (TPSA) is 82.9 Å². The first-order valence-electron chi connectivity index (χ1n) is 9.72. The molecule has 2 aliphatic heterocycles. The van der Waals surface area contributed by atoms with Gasteiger partial charge in [0.2, 0.25) is 5.43 Å². The largest absolute Gasteiger partial charge is 0.502 e. The Morgan fingerprint density at radius 1 is 1.30 bits per heavy atom. The molecule has 0 unspecified atom stereocenters. The van der Waals surface area contributed by atoms with Crippen LogP contribution in [0.4, 0.5) is 4.39 Å². The van der Waals surface area contributed by atoms with Gasteiger partial charge in [0, 0.05) is 25.7 Å². The zero-order chi connectivity index (χ0) is 21.7. The van der Waals surface area contributed by atoms with Crippen LogP contribution in [0.5, 0.6) is 5.75 Å². The summed E-state index contributed by atoms with van der Waals surface area (Å²) in [5.41, 5.74) is -1.01. The van der Waals surface area contributed by atoms with Gasteiger partial charge in [-0.05, 0) is 37.8 Å². The van der Waals surface area contributed by atoms with Gasteiger partial charge in [-0.15, -0.1) is 0 Å². The van der Waals surface area contributed by atoms with Crippen LogP contribution >= 0.6 is 11.6 Å². The standard InChI is InChI=1S/C21H21ClFN3O4/c1-11-6-9-16-24(2)21(30)18-20(29)19(28)13(10-25(18)26(11)16)15(27)8-7-12-4-3-5-14(22)17(12)23/h3-5,10-11,16,29H,6-9H2,1-2H3/t11-,16+/m1/s1. The number of fused-ring (bicyclic) bond motifs is 3. The summed E-state index contributed by atoms with van der Waals surface area (Å²) in [5, 5.41) is 12.3. The molecule has 0 bridgehead atoms. The van der Waals surface area contributed by atoms with E-state index < -0.39 is 28.7 Å². The number of carbonyl (C=O) groups excluding carboxylic acids is 2. The second-order valence-electron chi connectivity index (χ2n) is 7.75. The van der Waals surface area contributed by atoms with E-state index in [1.807, 2.05) is 11.9 Å². The highest BCUT2D eigenvalue weighted by Crippen LogP contribution is 2.32. The number of rotatable bonds is 4. The molecule has 0 aliphatic carbocycles. The molecule has 2 atom stereocenters. The molecule has 0 saturated carbocycles. The lowest BCUT2D eigenvalue weighted by atomic mass is 10.0. The quantitative estimate of drug-likeness (QED) is 0.749. The SMILES string of the molecule is C[C@@H]1CC[C@H]2N(C)C(=O)c3c(O)c(=O)c(C(=O)CCc4cccc(Cl)c4F)cn3N12. The monoisotopic (exact) mass is 433 g/mol. The van der Waals surface area contributed by atoms with Crippen molar-refractivity contribution in [2.75, 3.05) is 12.1 Å². The van der Waals surface area contributed by atoms with E-state index in [0.29, 0.717) is 0 Å². The molecule has 0 spiro atoms. The van der Waals surface area contributed by atoms with E-state index in [2.05, 4.69) is 0 Å². The minimum absolute atomic E-state index is 0.0388. The summed E-state index contributed by atoms with van der Waals surface area (Å²) >= 11 is 5.77. The highest BCUT2D eigenvalue weighted by atomic mass is 35.5. The molecule has 3 heterocycles. The molecule has 0 radical (unpaired) electrons. The maximum Gasteiger partial charge on any atom is 0.277 e. The minimum Gasteiger partial charge on any atom is -0.502 e. The molecule has 2 aromatic rings. The van der Waals surface area contributed by atoms with Gasteiger partial charge in [-0.25, -0.2) is 4.39 Å². The van der Waals surface area contributed by atoms with Crippen molar-refractivity contribution in [2.45, 2.75) is 44.8 Å². The molecular formula is C21H21ClFN3O4. The summed E-state index contributed by atoms with van der Waals surface area (Å²) in [7, 11) is 1.63. The average molecular weight is 434 g/mol. The number of ketones is 1. The smallest absolute Gasteiger partial charge is 0.277 e. The Morgan fingerprint density at radius 2 is 2.03 bits per heavy atom. The maximum absolute atomic E-state index is 14.1. The number of aromatic nitrogens is 1. The average Bonchev–Trinajstić information content (AvgIpc) is 3.11. The van der Waals surface area contributed by atoms with Gasteiger partial charge in [-0.2, -0.15) is 0 Å². The molecule has 4 rings (SSSR count). The fourth-order valence-electron chi connectivity index (χ4n) is 4.27. The summed E-state index contributed by atoms with van der Waals surface area (Å²) in [5.74, 6) is -2.36. The van der Waals surface area contributed by atoms with Gasteiger partial charge in [0.05, 0.1) is 10.6 Å². The van der Waals surface area contributed by atoms with Crippen LogP contribution in [0.3, 0.4) is 0 Å². The Labute approximate surface area is 177 Å². The number of halogens is 2. The van der Waals surface area contributed by atoms with Gasteiger partial charge in [-0.3, -0.25) is 24.1 Å². The van der Waals surface area contributed by atoms with E-state index in [1.165, 1.54) is 27.9 Å². The molecule has 1 N–H and O–H groups in total. The van der Waals surface area contributed by atoms with E-state index in [4.69, 9.17) is 11.6 Å².